The van der Waals surface area contributed by atoms with Crippen LogP contribution in [0, 0.1) is 5.82 Å². The molecular formula is C26H32ClFN4O4. The fourth-order valence-corrected chi connectivity index (χ4v) is 4.78. The largest absolute Gasteiger partial charge is 0.387 e. The molecule has 2 aromatic carbocycles. The van der Waals surface area contributed by atoms with Gasteiger partial charge in [0.2, 0.25) is 0 Å². The van der Waals surface area contributed by atoms with Gasteiger partial charge in [-0.1, -0.05) is 30.7 Å². The van der Waals surface area contributed by atoms with Gasteiger partial charge in [-0.25, -0.2) is 9.18 Å². The number of carbonyl (C=O) groups excluding carboxylic acids is 1. The number of aromatic nitrogens is 2. The summed E-state index contributed by atoms with van der Waals surface area (Å²) in [6.07, 6.45) is 1.61. The molecule has 1 unspecified atom stereocenters. The van der Waals surface area contributed by atoms with Crippen molar-refractivity contribution in [3.8, 4) is 0 Å². The summed E-state index contributed by atoms with van der Waals surface area (Å²) < 4.78 is 21.8. The van der Waals surface area contributed by atoms with Gasteiger partial charge >= 0.3 is 5.69 Å². The van der Waals surface area contributed by atoms with E-state index in [0.29, 0.717) is 61.7 Å². The van der Waals surface area contributed by atoms with Crippen molar-refractivity contribution in [3.05, 3.63) is 68.8 Å². The number of hydrogen-bond acceptors (Lipinski definition) is 5. The van der Waals surface area contributed by atoms with Crippen molar-refractivity contribution in [2.45, 2.75) is 38.3 Å². The smallest absolute Gasteiger partial charge is 0.326 e. The zero-order chi connectivity index (χ0) is 25.7. The molecule has 1 aliphatic rings. The maximum Gasteiger partial charge on any atom is 0.326 e. The van der Waals surface area contributed by atoms with E-state index in [-0.39, 0.29) is 23.8 Å². The number of ether oxygens (including phenoxy) is 1. The van der Waals surface area contributed by atoms with Crippen LogP contribution in [-0.4, -0.2) is 64.9 Å². The molecule has 2 heterocycles. The van der Waals surface area contributed by atoms with Gasteiger partial charge in [0.25, 0.3) is 5.91 Å². The summed E-state index contributed by atoms with van der Waals surface area (Å²) >= 11 is 5.93. The third-order valence-corrected chi connectivity index (χ3v) is 6.79. The number of fused-ring (bicyclic) bond motifs is 1. The Kier molecular flexibility index (Phi) is 8.79. The molecule has 10 heteroatoms. The second kappa shape index (κ2) is 12.0. The number of rotatable bonds is 10. The molecule has 3 aromatic rings. The van der Waals surface area contributed by atoms with Crippen molar-refractivity contribution in [2.75, 3.05) is 39.4 Å². The van der Waals surface area contributed by atoms with Gasteiger partial charge in [0, 0.05) is 49.9 Å². The van der Waals surface area contributed by atoms with Gasteiger partial charge in [-0.05, 0) is 43.0 Å². The molecule has 0 aliphatic carbocycles. The first kappa shape index (κ1) is 26.3. The average Bonchev–Trinajstić information content (AvgIpc) is 3.18. The lowest BCUT2D eigenvalue weighted by atomic mass is 10.0. The fraction of sp³-hybridized carbons (Fsp3) is 0.462. The summed E-state index contributed by atoms with van der Waals surface area (Å²) in [5.74, 6) is -1.22. The highest BCUT2D eigenvalue weighted by atomic mass is 35.5. The Balaban J connectivity index is 1.40. The number of aliphatic hydroxyl groups excluding tert-OH is 1. The number of nitrogens with one attached hydrogen (secondary N) is 2. The predicted octanol–water partition coefficient (Wildman–Crippen LogP) is 3.65. The van der Waals surface area contributed by atoms with Crippen molar-refractivity contribution in [3.63, 3.8) is 0 Å². The van der Waals surface area contributed by atoms with E-state index in [1.165, 1.54) is 12.1 Å². The van der Waals surface area contributed by atoms with E-state index in [1.807, 2.05) is 19.1 Å². The predicted molar refractivity (Wildman–Crippen MR) is 137 cm³/mol. The first-order valence-electron chi connectivity index (χ1n) is 12.3. The number of carbonyl (C=O) groups is 1. The Labute approximate surface area is 214 Å². The standard InChI is InChI=1S/C26H32ClFN4O4/c1-2-12-36-13-9-29-25(34)20-14-22-23(15-21(20)28)32(26(35)30-22)19-7-10-31(11-8-19)16-24(33)17-3-5-18(27)6-4-17/h3-6,14-15,19,24,33H,2,7-13,16H2,1H3,(H,29,34)(H,30,35). The van der Waals surface area contributed by atoms with Gasteiger partial charge in [-0.3, -0.25) is 9.36 Å². The minimum atomic E-state index is -0.675. The molecule has 8 nitrogen and oxygen atoms in total. The van der Waals surface area contributed by atoms with Crippen LogP contribution >= 0.6 is 11.6 Å². The van der Waals surface area contributed by atoms with E-state index in [2.05, 4.69) is 15.2 Å². The van der Waals surface area contributed by atoms with Crippen molar-refractivity contribution in [1.29, 1.82) is 0 Å². The molecule has 1 fully saturated rings. The lowest BCUT2D eigenvalue weighted by molar-refractivity contribution is 0.0904. The zero-order valence-electron chi connectivity index (χ0n) is 20.3. The topological polar surface area (TPSA) is 99.6 Å². The minimum absolute atomic E-state index is 0.107. The van der Waals surface area contributed by atoms with Gasteiger partial charge in [0.1, 0.15) is 5.82 Å². The van der Waals surface area contributed by atoms with Crippen LogP contribution in [0.1, 0.15) is 54.3 Å². The normalized spacial score (nSPS) is 15.9. The molecule has 1 aliphatic heterocycles. The van der Waals surface area contributed by atoms with Crippen LogP contribution in [0.3, 0.4) is 0 Å². The minimum Gasteiger partial charge on any atom is -0.387 e. The summed E-state index contributed by atoms with van der Waals surface area (Å²) in [7, 11) is 0. The van der Waals surface area contributed by atoms with Crippen LogP contribution in [0.25, 0.3) is 11.0 Å². The lowest BCUT2D eigenvalue weighted by Crippen LogP contribution is -2.39. The van der Waals surface area contributed by atoms with Gasteiger partial charge < -0.3 is 25.0 Å². The molecule has 1 saturated heterocycles. The number of imidazole rings is 1. The Morgan fingerprint density at radius 3 is 2.67 bits per heavy atom. The van der Waals surface area contributed by atoms with Crippen molar-refractivity contribution >= 4 is 28.5 Å². The van der Waals surface area contributed by atoms with Gasteiger partial charge in [0.15, 0.2) is 0 Å². The first-order chi connectivity index (χ1) is 17.4. The molecule has 0 saturated carbocycles. The Morgan fingerprint density at radius 2 is 1.97 bits per heavy atom. The third-order valence-electron chi connectivity index (χ3n) is 6.54. The van der Waals surface area contributed by atoms with Crippen LogP contribution < -0.4 is 11.0 Å². The number of β-amino-alcohol motifs (C(OH)–C–C–N with tert-alkyl or cyclic N) is 1. The number of hydrogen-bond donors (Lipinski definition) is 3. The molecule has 4 rings (SSSR count). The second-order valence-corrected chi connectivity index (χ2v) is 9.55. The summed E-state index contributed by atoms with van der Waals surface area (Å²) in [5, 5.41) is 13.8. The van der Waals surface area contributed by atoms with Crippen LogP contribution in [-0.2, 0) is 4.74 Å². The number of piperidine rings is 1. The molecule has 0 spiro atoms. The number of aliphatic hydroxyl groups is 1. The monoisotopic (exact) mass is 518 g/mol. The van der Waals surface area contributed by atoms with E-state index >= 15 is 0 Å². The summed E-state index contributed by atoms with van der Waals surface area (Å²) in [5.41, 5.74) is 1.24. The number of benzene rings is 2. The molecule has 1 amide bonds. The SMILES string of the molecule is CCCOCCNC(=O)c1cc2[nH]c(=O)n(C3CCN(CC(O)c4ccc(Cl)cc4)CC3)c2cc1F. The second-order valence-electron chi connectivity index (χ2n) is 9.12. The molecule has 36 heavy (non-hydrogen) atoms. The van der Waals surface area contributed by atoms with E-state index in [9.17, 15) is 19.1 Å². The zero-order valence-corrected chi connectivity index (χ0v) is 21.1. The number of halogens is 2. The Bertz CT molecular complexity index is 1240. The fourth-order valence-electron chi connectivity index (χ4n) is 4.66. The molecule has 0 bridgehead atoms. The van der Waals surface area contributed by atoms with Crippen LogP contribution in [0.2, 0.25) is 5.02 Å². The highest BCUT2D eigenvalue weighted by molar-refractivity contribution is 6.30. The third kappa shape index (κ3) is 6.15. The summed E-state index contributed by atoms with van der Waals surface area (Å²) in [6.45, 7) is 5.09. The van der Waals surface area contributed by atoms with Crippen molar-refractivity contribution in [1.82, 2.24) is 19.8 Å². The van der Waals surface area contributed by atoms with Gasteiger partial charge in [-0.15, -0.1) is 0 Å². The number of amides is 1. The quantitative estimate of drug-likeness (QED) is 0.356. The van der Waals surface area contributed by atoms with Gasteiger partial charge in [-0.2, -0.15) is 0 Å². The highest BCUT2D eigenvalue weighted by Gasteiger charge is 2.26. The van der Waals surface area contributed by atoms with Crippen LogP contribution in [0.4, 0.5) is 4.39 Å². The van der Waals surface area contributed by atoms with Crippen LogP contribution in [0.5, 0.6) is 0 Å². The number of nitrogens with zero attached hydrogens (tertiary/aromatic N) is 2. The summed E-state index contributed by atoms with van der Waals surface area (Å²) in [4.78, 5) is 30.1. The average molecular weight is 519 g/mol. The highest BCUT2D eigenvalue weighted by Crippen LogP contribution is 2.27. The molecule has 1 atom stereocenters. The number of likely N-dealkylation sites (tertiary alicyclic amines) is 1. The van der Waals surface area contributed by atoms with E-state index in [1.54, 1.807) is 16.7 Å². The van der Waals surface area contributed by atoms with E-state index < -0.39 is 17.8 Å². The Morgan fingerprint density at radius 1 is 1.25 bits per heavy atom. The number of H-pyrrole nitrogens is 1. The molecule has 0 radical (unpaired) electrons. The van der Waals surface area contributed by atoms with E-state index in [4.69, 9.17) is 16.3 Å². The number of aromatic amines is 1. The van der Waals surface area contributed by atoms with Gasteiger partial charge in [0.05, 0.1) is 29.3 Å². The molecule has 1 aromatic heterocycles. The van der Waals surface area contributed by atoms with Crippen molar-refractivity contribution in [2.24, 2.45) is 0 Å². The van der Waals surface area contributed by atoms with Crippen LogP contribution in [0.15, 0.2) is 41.2 Å². The lowest BCUT2D eigenvalue weighted by Gasteiger charge is -2.33. The molecular weight excluding hydrogens is 487 g/mol. The summed E-state index contributed by atoms with van der Waals surface area (Å²) in [6, 6.07) is 9.68. The maximum absolute atomic E-state index is 14.9. The molecule has 194 valence electrons. The first-order valence-corrected chi connectivity index (χ1v) is 12.7. The van der Waals surface area contributed by atoms with Crippen molar-refractivity contribution < 1.29 is 19.0 Å². The van der Waals surface area contributed by atoms with E-state index in [0.717, 1.165) is 12.0 Å². The maximum atomic E-state index is 14.9. The Hall–Kier alpha value is -2.72. The molecule has 3 N–H and O–H groups in total.